The van der Waals surface area contributed by atoms with Crippen molar-refractivity contribution in [1.82, 2.24) is 0 Å². The molecule has 0 amide bonds. The van der Waals surface area contributed by atoms with E-state index in [4.69, 9.17) is 0 Å². The molecule has 106 valence electrons. The average Bonchev–Trinajstić information content (AvgIpc) is 3.09. The summed E-state index contributed by atoms with van der Waals surface area (Å²) in [7, 11) is 0. The summed E-state index contributed by atoms with van der Waals surface area (Å²) in [6.45, 7) is 4.46. The Kier molecular flexibility index (Phi) is 8.37. The van der Waals surface area contributed by atoms with Gasteiger partial charge in [-0.3, -0.25) is 4.79 Å². The predicted molar refractivity (Wildman–Crippen MR) is 78.7 cm³/mol. The minimum Gasteiger partial charge on any atom is -0.299 e. The zero-order valence-electron chi connectivity index (χ0n) is 12.5. The number of carbonyl (C=O) groups is 1. The number of ketones is 1. The summed E-state index contributed by atoms with van der Waals surface area (Å²) in [5.41, 5.74) is 0. The van der Waals surface area contributed by atoms with E-state index in [1.165, 1.54) is 57.8 Å². The van der Waals surface area contributed by atoms with Gasteiger partial charge < -0.3 is 0 Å². The van der Waals surface area contributed by atoms with Crippen LogP contribution >= 0.6 is 0 Å². The highest BCUT2D eigenvalue weighted by atomic mass is 16.1. The van der Waals surface area contributed by atoms with E-state index in [0.717, 1.165) is 19.3 Å². The molecule has 1 heteroatoms. The molecule has 18 heavy (non-hydrogen) atoms. The van der Waals surface area contributed by atoms with Gasteiger partial charge in [-0.05, 0) is 18.8 Å². The first-order valence-electron chi connectivity index (χ1n) is 8.28. The molecule has 2 atom stereocenters. The summed E-state index contributed by atoms with van der Waals surface area (Å²) >= 11 is 0. The Hall–Kier alpha value is -0.330. The number of rotatable bonds is 12. The van der Waals surface area contributed by atoms with Crippen LogP contribution in [0.2, 0.25) is 0 Å². The van der Waals surface area contributed by atoms with Gasteiger partial charge in [-0.15, -0.1) is 0 Å². The second-order valence-electron chi connectivity index (χ2n) is 6.22. The van der Waals surface area contributed by atoms with Crippen molar-refractivity contribution in [2.45, 2.75) is 90.9 Å². The lowest BCUT2D eigenvalue weighted by atomic mass is 10.0. The zero-order valence-corrected chi connectivity index (χ0v) is 12.5. The van der Waals surface area contributed by atoms with E-state index in [9.17, 15) is 4.79 Å². The van der Waals surface area contributed by atoms with Gasteiger partial charge in [0.05, 0.1) is 0 Å². The van der Waals surface area contributed by atoms with Gasteiger partial charge in [0.25, 0.3) is 0 Å². The summed E-state index contributed by atoms with van der Waals surface area (Å²) in [6.07, 6.45) is 15.5. The largest absolute Gasteiger partial charge is 0.299 e. The Morgan fingerprint density at radius 1 is 0.889 bits per heavy atom. The van der Waals surface area contributed by atoms with Gasteiger partial charge in [-0.1, -0.05) is 71.6 Å². The first-order valence-corrected chi connectivity index (χ1v) is 8.28. The fourth-order valence-electron chi connectivity index (χ4n) is 2.74. The van der Waals surface area contributed by atoms with Gasteiger partial charge in [0, 0.05) is 12.3 Å². The van der Waals surface area contributed by atoms with Crippen LogP contribution in [0.3, 0.4) is 0 Å². The molecule has 0 aromatic heterocycles. The van der Waals surface area contributed by atoms with Crippen molar-refractivity contribution in [3.63, 3.8) is 0 Å². The van der Waals surface area contributed by atoms with Crippen molar-refractivity contribution >= 4 is 5.78 Å². The van der Waals surface area contributed by atoms with Crippen molar-refractivity contribution in [2.24, 2.45) is 11.8 Å². The standard InChI is InChI=1S/C17H32O/c1-3-4-5-6-7-8-9-10-11-12-13-17(18)16-14-15(16)2/h15-16H,3-14H2,1-2H3. The molecular formula is C17H32O. The maximum atomic E-state index is 11.7. The third kappa shape index (κ3) is 7.18. The zero-order chi connectivity index (χ0) is 13.2. The minimum atomic E-state index is 0.448. The second-order valence-corrected chi connectivity index (χ2v) is 6.22. The maximum Gasteiger partial charge on any atom is 0.136 e. The van der Waals surface area contributed by atoms with Crippen LogP contribution in [0, 0.1) is 11.8 Å². The van der Waals surface area contributed by atoms with Crippen LogP contribution in [0.5, 0.6) is 0 Å². The van der Waals surface area contributed by atoms with E-state index in [2.05, 4.69) is 13.8 Å². The van der Waals surface area contributed by atoms with Gasteiger partial charge in [0.2, 0.25) is 0 Å². The van der Waals surface area contributed by atoms with Gasteiger partial charge in [0.1, 0.15) is 5.78 Å². The van der Waals surface area contributed by atoms with E-state index >= 15 is 0 Å². The smallest absolute Gasteiger partial charge is 0.136 e. The quantitative estimate of drug-likeness (QED) is 0.418. The summed E-state index contributed by atoms with van der Waals surface area (Å²) in [5, 5.41) is 0. The third-order valence-corrected chi connectivity index (χ3v) is 4.30. The highest BCUT2D eigenvalue weighted by molar-refractivity contribution is 5.83. The number of unbranched alkanes of at least 4 members (excludes halogenated alkanes) is 9. The lowest BCUT2D eigenvalue weighted by Crippen LogP contribution is -2.01. The molecule has 0 N–H and O–H groups in total. The Balaban J connectivity index is 1.75. The third-order valence-electron chi connectivity index (χ3n) is 4.30. The van der Waals surface area contributed by atoms with Crippen molar-refractivity contribution in [3.05, 3.63) is 0 Å². The number of carbonyl (C=O) groups excluding carboxylic acids is 1. The molecule has 1 rings (SSSR count). The molecule has 1 aliphatic carbocycles. The first kappa shape index (κ1) is 15.7. The summed E-state index contributed by atoms with van der Waals surface area (Å²) in [5.74, 6) is 1.69. The molecule has 0 spiro atoms. The predicted octanol–water partition coefficient (Wildman–Crippen LogP) is 5.52. The van der Waals surface area contributed by atoms with Crippen molar-refractivity contribution in [1.29, 1.82) is 0 Å². The van der Waals surface area contributed by atoms with Gasteiger partial charge >= 0.3 is 0 Å². The first-order chi connectivity index (χ1) is 8.75. The minimum absolute atomic E-state index is 0.448. The van der Waals surface area contributed by atoms with E-state index in [0.29, 0.717) is 17.6 Å². The van der Waals surface area contributed by atoms with Crippen molar-refractivity contribution in [2.75, 3.05) is 0 Å². The lowest BCUT2D eigenvalue weighted by Gasteiger charge is -2.02. The molecular weight excluding hydrogens is 220 g/mol. The fourth-order valence-corrected chi connectivity index (χ4v) is 2.74. The van der Waals surface area contributed by atoms with E-state index in [-0.39, 0.29) is 0 Å². The Labute approximate surface area is 114 Å². The van der Waals surface area contributed by atoms with E-state index in [1.807, 2.05) is 0 Å². The van der Waals surface area contributed by atoms with Gasteiger partial charge in [-0.25, -0.2) is 0 Å². The molecule has 0 heterocycles. The maximum absolute atomic E-state index is 11.7. The van der Waals surface area contributed by atoms with Crippen LogP contribution in [0.1, 0.15) is 90.9 Å². The van der Waals surface area contributed by atoms with Crippen LogP contribution in [-0.4, -0.2) is 5.78 Å². The molecule has 0 aromatic rings. The summed E-state index contributed by atoms with van der Waals surface area (Å²) < 4.78 is 0. The molecule has 1 fully saturated rings. The monoisotopic (exact) mass is 252 g/mol. The molecule has 0 aromatic carbocycles. The molecule has 0 aliphatic heterocycles. The van der Waals surface area contributed by atoms with Crippen LogP contribution in [0.25, 0.3) is 0 Å². The Morgan fingerprint density at radius 3 is 1.78 bits per heavy atom. The number of Topliss-reactive ketones (excluding diaryl/α,β-unsaturated/α-hetero) is 1. The lowest BCUT2D eigenvalue weighted by molar-refractivity contribution is -0.120. The molecule has 0 radical (unpaired) electrons. The SMILES string of the molecule is CCCCCCCCCCCCC(=O)C1CC1C. The summed E-state index contributed by atoms with van der Waals surface area (Å²) in [6, 6.07) is 0. The van der Waals surface area contributed by atoms with Crippen LogP contribution in [-0.2, 0) is 4.79 Å². The Morgan fingerprint density at radius 2 is 1.33 bits per heavy atom. The molecule has 1 saturated carbocycles. The molecule has 1 aliphatic rings. The topological polar surface area (TPSA) is 17.1 Å². The number of hydrogen-bond acceptors (Lipinski definition) is 1. The molecule has 0 saturated heterocycles. The van der Waals surface area contributed by atoms with Crippen LogP contribution in [0.4, 0.5) is 0 Å². The molecule has 0 bridgehead atoms. The van der Waals surface area contributed by atoms with Crippen LogP contribution in [0.15, 0.2) is 0 Å². The fraction of sp³-hybridized carbons (Fsp3) is 0.941. The molecule has 2 unspecified atom stereocenters. The van der Waals surface area contributed by atoms with E-state index in [1.54, 1.807) is 0 Å². The van der Waals surface area contributed by atoms with Gasteiger partial charge in [-0.2, -0.15) is 0 Å². The van der Waals surface area contributed by atoms with Crippen LogP contribution < -0.4 is 0 Å². The highest BCUT2D eigenvalue weighted by Gasteiger charge is 2.37. The number of hydrogen-bond donors (Lipinski definition) is 0. The van der Waals surface area contributed by atoms with Crippen molar-refractivity contribution in [3.8, 4) is 0 Å². The average molecular weight is 252 g/mol. The van der Waals surface area contributed by atoms with E-state index < -0.39 is 0 Å². The highest BCUT2D eigenvalue weighted by Crippen LogP contribution is 2.39. The van der Waals surface area contributed by atoms with Gasteiger partial charge in [0.15, 0.2) is 0 Å². The second kappa shape index (κ2) is 9.58. The molecule has 1 nitrogen and oxygen atoms in total. The Bertz CT molecular complexity index is 222. The summed E-state index contributed by atoms with van der Waals surface area (Å²) in [4.78, 5) is 11.7. The normalized spacial score (nSPS) is 22.1. The van der Waals surface area contributed by atoms with Crippen molar-refractivity contribution < 1.29 is 4.79 Å².